The molecule has 1 rings (SSSR count). The van der Waals surface area contributed by atoms with Gasteiger partial charge in [-0.2, -0.15) is 0 Å². The summed E-state index contributed by atoms with van der Waals surface area (Å²) in [5.74, 6) is -0.627. The number of nitrogens with one attached hydrogen (secondary N) is 1. The number of hydrogen-bond acceptors (Lipinski definition) is 5. The van der Waals surface area contributed by atoms with Crippen LogP contribution in [0.5, 0.6) is 5.88 Å². The monoisotopic (exact) mass is 282 g/mol. The van der Waals surface area contributed by atoms with Crippen LogP contribution in [0.4, 0.5) is 0 Å². The van der Waals surface area contributed by atoms with E-state index in [1.165, 1.54) is 7.11 Å². The van der Waals surface area contributed by atoms with E-state index in [0.717, 1.165) is 11.3 Å². The van der Waals surface area contributed by atoms with E-state index in [0.29, 0.717) is 5.88 Å². The predicted octanol–water partition coefficient (Wildman–Crippen LogP) is 0.923. The van der Waals surface area contributed by atoms with Gasteiger partial charge in [-0.25, -0.2) is 4.98 Å². The third-order valence-electron chi connectivity index (χ3n) is 2.92. The maximum Gasteiger partial charge on any atom is 0.323 e. The first-order valence-corrected chi connectivity index (χ1v) is 6.41. The number of carbonyl (C=O) groups is 1. The van der Waals surface area contributed by atoms with Crippen molar-refractivity contribution in [1.29, 1.82) is 0 Å². The number of hydrogen-bond donors (Lipinski definition) is 3. The smallest absolute Gasteiger partial charge is 0.323 e. The van der Waals surface area contributed by atoms with Crippen molar-refractivity contribution in [3.8, 4) is 5.88 Å². The molecule has 0 unspecified atom stereocenters. The lowest BCUT2D eigenvalue weighted by atomic mass is 9.91. The fourth-order valence-corrected chi connectivity index (χ4v) is 1.66. The summed E-state index contributed by atoms with van der Waals surface area (Å²) in [7, 11) is 1.53. The number of methoxy groups -OCH3 is 1. The molecule has 0 aliphatic heterocycles. The zero-order valence-corrected chi connectivity index (χ0v) is 12.3. The van der Waals surface area contributed by atoms with Crippen molar-refractivity contribution in [3.63, 3.8) is 0 Å². The predicted molar refractivity (Wildman–Crippen MR) is 74.8 cm³/mol. The molecule has 112 valence electrons. The third kappa shape index (κ3) is 4.18. The van der Waals surface area contributed by atoms with Crippen LogP contribution >= 0.6 is 0 Å². The highest BCUT2D eigenvalue weighted by molar-refractivity contribution is 5.73. The van der Waals surface area contributed by atoms with Gasteiger partial charge in [-0.05, 0) is 6.07 Å². The van der Waals surface area contributed by atoms with Gasteiger partial charge in [0.2, 0.25) is 5.88 Å². The summed E-state index contributed by atoms with van der Waals surface area (Å²) in [4.78, 5) is 15.3. The normalized spacial score (nSPS) is 13.1. The molecule has 6 heteroatoms. The van der Waals surface area contributed by atoms with Crippen molar-refractivity contribution < 1.29 is 19.7 Å². The van der Waals surface area contributed by atoms with Gasteiger partial charge in [0.05, 0.1) is 13.7 Å². The number of pyridine rings is 1. The minimum absolute atomic E-state index is 0.0893. The minimum atomic E-state index is -1.09. The molecule has 1 atom stereocenters. The van der Waals surface area contributed by atoms with E-state index in [1.807, 2.05) is 12.1 Å². The fraction of sp³-hybridized carbons (Fsp3) is 0.571. The van der Waals surface area contributed by atoms with Crippen molar-refractivity contribution in [3.05, 3.63) is 23.4 Å². The first kappa shape index (κ1) is 16.4. The standard InChI is InChI=1S/C14H22N2O4/c1-14(2,3)11-6-5-9(12(16-11)20-4)7-15-10(8-17)13(18)19/h5-6,10,15,17H,7-8H2,1-4H3,(H,18,19)/t10-/m1/s1. The van der Waals surface area contributed by atoms with Gasteiger partial charge in [0.25, 0.3) is 0 Å². The maximum absolute atomic E-state index is 10.8. The highest BCUT2D eigenvalue weighted by Gasteiger charge is 2.19. The molecule has 1 aromatic rings. The Kier molecular flexibility index (Phi) is 5.47. The van der Waals surface area contributed by atoms with Crippen molar-refractivity contribution in [2.75, 3.05) is 13.7 Å². The second kappa shape index (κ2) is 6.67. The molecule has 0 aromatic carbocycles. The van der Waals surface area contributed by atoms with Gasteiger partial charge < -0.3 is 14.9 Å². The molecule has 0 fully saturated rings. The first-order valence-electron chi connectivity index (χ1n) is 6.41. The molecule has 0 spiro atoms. The van der Waals surface area contributed by atoms with E-state index >= 15 is 0 Å². The number of aliphatic carboxylic acids is 1. The number of nitrogens with zero attached hydrogens (tertiary/aromatic N) is 1. The third-order valence-corrected chi connectivity index (χ3v) is 2.92. The van der Waals surface area contributed by atoms with Gasteiger partial charge in [-0.1, -0.05) is 26.8 Å². The van der Waals surface area contributed by atoms with Crippen LogP contribution in [0.1, 0.15) is 32.0 Å². The van der Waals surface area contributed by atoms with Crippen molar-refractivity contribution in [2.24, 2.45) is 0 Å². The molecule has 3 N–H and O–H groups in total. The summed E-state index contributed by atoms with van der Waals surface area (Å²) >= 11 is 0. The van der Waals surface area contributed by atoms with Crippen LogP contribution in [-0.2, 0) is 16.8 Å². The van der Waals surface area contributed by atoms with Crippen molar-refractivity contribution in [2.45, 2.75) is 38.8 Å². The number of aliphatic hydroxyl groups excluding tert-OH is 1. The Hall–Kier alpha value is -1.66. The average molecular weight is 282 g/mol. The fourth-order valence-electron chi connectivity index (χ4n) is 1.66. The minimum Gasteiger partial charge on any atom is -0.481 e. The molecule has 0 radical (unpaired) electrons. The Morgan fingerprint density at radius 2 is 2.10 bits per heavy atom. The lowest BCUT2D eigenvalue weighted by Gasteiger charge is -2.20. The lowest BCUT2D eigenvalue weighted by Crippen LogP contribution is -2.39. The van der Waals surface area contributed by atoms with Gasteiger partial charge >= 0.3 is 5.97 Å². The molecular formula is C14H22N2O4. The molecule has 0 saturated heterocycles. The SMILES string of the molecule is COc1nc(C(C)(C)C)ccc1CN[C@H](CO)C(=O)O. The van der Waals surface area contributed by atoms with Gasteiger partial charge in [0.1, 0.15) is 6.04 Å². The van der Waals surface area contributed by atoms with Crippen LogP contribution in [0.25, 0.3) is 0 Å². The molecule has 20 heavy (non-hydrogen) atoms. The molecule has 0 saturated carbocycles. The van der Waals surface area contributed by atoms with Crippen molar-refractivity contribution in [1.82, 2.24) is 10.3 Å². The van der Waals surface area contributed by atoms with Crippen LogP contribution in [-0.4, -0.2) is 40.9 Å². The van der Waals surface area contributed by atoms with Crippen LogP contribution in [0.15, 0.2) is 12.1 Å². The number of aliphatic hydroxyl groups is 1. The van der Waals surface area contributed by atoms with Gasteiger partial charge in [-0.3, -0.25) is 10.1 Å². The molecule has 1 heterocycles. The summed E-state index contributed by atoms with van der Waals surface area (Å²) in [5.41, 5.74) is 1.56. The second-order valence-corrected chi connectivity index (χ2v) is 5.57. The van der Waals surface area contributed by atoms with E-state index in [9.17, 15) is 4.79 Å². The quantitative estimate of drug-likeness (QED) is 0.718. The zero-order chi connectivity index (χ0) is 15.3. The summed E-state index contributed by atoms with van der Waals surface area (Å²) in [6.07, 6.45) is 0. The molecule has 6 nitrogen and oxygen atoms in total. The summed E-state index contributed by atoms with van der Waals surface area (Å²) in [6.45, 7) is 5.96. The molecule has 1 aromatic heterocycles. The summed E-state index contributed by atoms with van der Waals surface area (Å²) in [5, 5.41) is 20.6. The van der Waals surface area contributed by atoms with E-state index in [4.69, 9.17) is 14.9 Å². The molecular weight excluding hydrogens is 260 g/mol. The molecule has 0 aliphatic carbocycles. The van der Waals surface area contributed by atoms with E-state index < -0.39 is 18.6 Å². The van der Waals surface area contributed by atoms with Crippen LogP contribution < -0.4 is 10.1 Å². The molecule has 0 bridgehead atoms. The largest absolute Gasteiger partial charge is 0.481 e. The lowest BCUT2D eigenvalue weighted by molar-refractivity contribution is -0.140. The van der Waals surface area contributed by atoms with Crippen LogP contribution in [0.2, 0.25) is 0 Å². The van der Waals surface area contributed by atoms with Crippen LogP contribution in [0, 0.1) is 0 Å². The highest BCUT2D eigenvalue weighted by Crippen LogP contribution is 2.24. The number of ether oxygens (including phenoxy) is 1. The summed E-state index contributed by atoms with van der Waals surface area (Å²) < 4.78 is 5.25. The van der Waals surface area contributed by atoms with E-state index in [-0.39, 0.29) is 12.0 Å². The Bertz CT molecular complexity index is 469. The average Bonchev–Trinajstić information content (AvgIpc) is 2.37. The molecule has 0 amide bonds. The molecule has 0 aliphatic rings. The Balaban J connectivity index is 2.88. The van der Waals surface area contributed by atoms with Gasteiger partial charge in [0.15, 0.2) is 0 Å². The Labute approximate surface area is 118 Å². The Morgan fingerprint density at radius 1 is 1.45 bits per heavy atom. The van der Waals surface area contributed by atoms with Gasteiger partial charge in [0, 0.05) is 23.2 Å². The first-order chi connectivity index (χ1) is 9.29. The number of rotatable bonds is 6. The number of carboxylic acid groups (broad SMARTS) is 1. The topological polar surface area (TPSA) is 91.7 Å². The van der Waals surface area contributed by atoms with E-state index in [2.05, 4.69) is 31.1 Å². The summed E-state index contributed by atoms with van der Waals surface area (Å²) in [6, 6.07) is 2.76. The second-order valence-electron chi connectivity index (χ2n) is 5.57. The maximum atomic E-state index is 10.8. The van der Waals surface area contributed by atoms with E-state index in [1.54, 1.807) is 0 Å². The van der Waals surface area contributed by atoms with Gasteiger partial charge in [-0.15, -0.1) is 0 Å². The highest BCUT2D eigenvalue weighted by atomic mass is 16.5. The van der Waals surface area contributed by atoms with Crippen molar-refractivity contribution >= 4 is 5.97 Å². The Morgan fingerprint density at radius 3 is 2.55 bits per heavy atom. The zero-order valence-electron chi connectivity index (χ0n) is 12.3. The number of aromatic nitrogens is 1. The number of carboxylic acids is 1. The van der Waals surface area contributed by atoms with Crippen LogP contribution in [0.3, 0.4) is 0 Å².